The minimum atomic E-state index is -0.506. The highest BCUT2D eigenvalue weighted by Crippen LogP contribution is 2.34. The third-order valence-corrected chi connectivity index (χ3v) is 3.76. The lowest BCUT2D eigenvalue weighted by Crippen LogP contribution is -2.45. The van der Waals surface area contributed by atoms with E-state index < -0.39 is 18.0 Å². The minimum Gasteiger partial charge on any atom is -0.493 e. The lowest BCUT2D eigenvalue weighted by Gasteiger charge is -2.30. The van der Waals surface area contributed by atoms with Gasteiger partial charge in [0.25, 0.3) is 0 Å². The summed E-state index contributed by atoms with van der Waals surface area (Å²) in [5.74, 6) is -0.209. The van der Waals surface area contributed by atoms with Crippen LogP contribution >= 0.6 is 12.2 Å². The molecule has 0 saturated carbocycles. The predicted octanol–water partition coefficient (Wildman–Crippen LogP) is 1.98. The van der Waals surface area contributed by atoms with Crippen LogP contribution in [0.25, 0.3) is 0 Å². The second-order valence-corrected chi connectivity index (χ2v) is 5.70. The van der Waals surface area contributed by atoms with Gasteiger partial charge in [0.2, 0.25) is 0 Å². The van der Waals surface area contributed by atoms with Crippen LogP contribution in [0.4, 0.5) is 0 Å². The lowest BCUT2D eigenvalue weighted by atomic mass is 9.95. The van der Waals surface area contributed by atoms with E-state index in [2.05, 4.69) is 10.6 Å². The Hall–Kier alpha value is -2.61. The summed E-state index contributed by atoms with van der Waals surface area (Å²) >= 11 is 5.20. The molecule has 1 heterocycles. The van der Waals surface area contributed by atoms with E-state index in [1.165, 1.54) is 14.0 Å². The zero-order chi connectivity index (χ0) is 18.6. The van der Waals surface area contributed by atoms with Gasteiger partial charge in [-0.05, 0) is 43.8 Å². The van der Waals surface area contributed by atoms with Crippen molar-refractivity contribution in [2.24, 2.45) is 0 Å². The molecule has 134 valence electrons. The molecular formula is C17H20N2O5S. The van der Waals surface area contributed by atoms with E-state index in [9.17, 15) is 9.59 Å². The van der Waals surface area contributed by atoms with Crippen molar-refractivity contribution < 1.29 is 23.8 Å². The second-order valence-electron chi connectivity index (χ2n) is 5.29. The molecular weight excluding hydrogens is 344 g/mol. The second kappa shape index (κ2) is 7.98. The average molecular weight is 364 g/mol. The highest BCUT2D eigenvalue weighted by molar-refractivity contribution is 7.80. The number of methoxy groups -OCH3 is 1. The van der Waals surface area contributed by atoms with E-state index in [1.54, 1.807) is 32.0 Å². The largest absolute Gasteiger partial charge is 0.493 e. The van der Waals surface area contributed by atoms with E-state index >= 15 is 0 Å². The van der Waals surface area contributed by atoms with Crippen LogP contribution in [0.3, 0.4) is 0 Å². The number of carbonyl (C=O) groups excluding carboxylic acids is 2. The first-order valence-corrected chi connectivity index (χ1v) is 8.10. The highest BCUT2D eigenvalue weighted by Gasteiger charge is 2.31. The molecule has 0 spiro atoms. The Morgan fingerprint density at radius 1 is 1.28 bits per heavy atom. The summed E-state index contributed by atoms with van der Waals surface area (Å²) in [5, 5.41) is 6.40. The van der Waals surface area contributed by atoms with Gasteiger partial charge in [0.1, 0.15) is 0 Å². The molecule has 0 aromatic heterocycles. The fourth-order valence-electron chi connectivity index (χ4n) is 2.53. The summed E-state index contributed by atoms with van der Waals surface area (Å²) in [5.41, 5.74) is 1.77. The summed E-state index contributed by atoms with van der Waals surface area (Å²) in [4.78, 5) is 23.5. The SMILES string of the molecule is CCOC(=O)C1=C(C)NC(=S)N[C@@H]1c1ccc(OC(C)=O)c(OC)c1. The maximum absolute atomic E-state index is 12.4. The average Bonchev–Trinajstić information content (AvgIpc) is 2.54. The maximum atomic E-state index is 12.4. The molecule has 2 N–H and O–H groups in total. The fourth-order valence-corrected chi connectivity index (χ4v) is 2.80. The van der Waals surface area contributed by atoms with Crippen molar-refractivity contribution in [3.63, 3.8) is 0 Å². The molecule has 8 heteroatoms. The molecule has 0 amide bonds. The molecule has 2 rings (SSSR count). The Balaban J connectivity index is 2.46. The van der Waals surface area contributed by atoms with E-state index in [4.69, 9.17) is 26.4 Å². The Kier molecular flexibility index (Phi) is 5.97. The lowest BCUT2D eigenvalue weighted by molar-refractivity contribution is -0.139. The molecule has 7 nitrogen and oxygen atoms in total. The topological polar surface area (TPSA) is 85.9 Å². The van der Waals surface area contributed by atoms with Crippen molar-refractivity contribution in [2.75, 3.05) is 13.7 Å². The van der Waals surface area contributed by atoms with Crippen LogP contribution < -0.4 is 20.1 Å². The number of benzene rings is 1. The highest BCUT2D eigenvalue weighted by atomic mass is 32.1. The summed E-state index contributed by atoms with van der Waals surface area (Å²) in [6.45, 7) is 5.08. The third kappa shape index (κ3) is 4.27. The van der Waals surface area contributed by atoms with Gasteiger partial charge >= 0.3 is 11.9 Å². The van der Waals surface area contributed by atoms with E-state index in [0.29, 0.717) is 27.9 Å². The quantitative estimate of drug-likeness (QED) is 0.466. The third-order valence-electron chi connectivity index (χ3n) is 3.54. The van der Waals surface area contributed by atoms with Gasteiger partial charge in [-0.25, -0.2) is 4.79 Å². The van der Waals surface area contributed by atoms with Crippen molar-refractivity contribution in [1.29, 1.82) is 0 Å². The molecule has 0 bridgehead atoms. The first-order chi connectivity index (χ1) is 11.9. The number of nitrogens with one attached hydrogen (secondary N) is 2. The Morgan fingerprint density at radius 3 is 2.60 bits per heavy atom. The predicted molar refractivity (Wildman–Crippen MR) is 95.2 cm³/mol. The minimum absolute atomic E-state index is 0.265. The molecule has 1 aromatic rings. The smallest absolute Gasteiger partial charge is 0.338 e. The first-order valence-electron chi connectivity index (χ1n) is 7.69. The van der Waals surface area contributed by atoms with Gasteiger partial charge in [0.15, 0.2) is 16.6 Å². The molecule has 0 aliphatic carbocycles. The fraction of sp³-hybridized carbons (Fsp3) is 0.353. The first kappa shape index (κ1) is 18.7. The van der Waals surface area contributed by atoms with Crippen LogP contribution in [0.2, 0.25) is 0 Å². The van der Waals surface area contributed by atoms with E-state index in [0.717, 1.165) is 5.56 Å². The summed E-state index contributed by atoms with van der Waals surface area (Å²) in [6, 6.07) is 4.53. The number of rotatable bonds is 5. The number of allylic oxidation sites excluding steroid dienone is 1. The zero-order valence-corrected chi connectivity index (χ0v) is 15.3. The Bertz CT molecular complexity index is 745. The van der Waals surface area contributed by atoms with Crippen LogP contribution in [-0.4, -0.2) is 30.8 Å². The van der Waals surface area contributed by atoms with Gasteiger partial charge in [0, 0.05) is 12.6 Å². The van der Waals surface area contributed by atoms with Gasteiger partial charge in [-0.3, -0.25) is 4.79 Å². The monoisotopic (exact) mass is 364 g/mol. The number of hydrogen-bond donors (Lipinski definition) is 2. The number of hydrogen-bond acceptors (Lipinski definition) is 6. The van der Waals surface area contributed by atoms with Crippen LogP contribution in [0.15, 0.2) is 29.5 Å². The van der Waals surface area contributed by atoms with Crippen LogP contribution in [-0.2, 0) is 14.3 Å². The standard InChI is InChI=1S/C17H20N2O5S/c1-5-23-16(21)14-9(2)18-17(25)19-15(14)11-6-7-12(24-10(3)20)13(8-11)22-4/h6-8,15H,5H2,1-4H3,(H2,18,19,25)/t15-/m1/s1. The molecule has 0 fully saturated rings. The Labute approximate surface area is 151 Å². The van der Waals surface area contributed by atoms with Crippen molar-refractivity contribution in [2.45, 2.75) is 26.8 Å². The number of esters is 2. The van der Waals surface area contributed by atoms with Gasteiger partial charge in [0.05, 0.1) is 25.3 Å². The van der Waals surface area contributed by atoms with Crippen LogP contribution in [0.5, 0.6) is 11.5 Å². The van der Waals surface area contributed by atoms with Gasteiger partial charge < -0.3 is 24.8 Å². The molecule has 1 atom stereocenters. The Morgan fingerprint density at radius 2 is 2.00 bits per heavy atom. The number of carbonyl (C=O) groups is 2. The number of thiocarbonyl (C=S) groups is 1. The zero-order valence-electron chi connectivity index (χ0n) is 14.5. The molecule has 1 aliphatic heterocycles. The summed E-state index contributed by atoms with van der Waals surface area (Å²) in [7, 11) is 1.47. The van der Waals surface area contributed by atoms with E-state index in [1.807, 2.05) is 0 Å². The maximum Gasteiger partial charge on any atom is 0.338 e. The summed E-state index contributed by atoms with van der Waals surface area (Å²) < 4.78 is 15.5. The van der Waals surface area contributed by atoms with Gasteiger partial charge in [-0.1, -0.05) is 6.07 Å². The van der Waals surface area contributed by atoms with Crippen LogP contribution in [0, 0.1) is 0 Å². The van der Waals surface area contributed by atoms with Crippen molar-refractivity contribution in [1.82, 2.24) is 10.6 Å². The molecule has 25 heavy (non-hydrogen) atoms. The summed E-state index contributed by atoms with van der Waals surface area (Å²) in [6.07, 6.45) is 0. The molecule has 0 saturated heterocycles. The van der Waals surface area contributed by atoms with Crippen LogP contribution in [0.1, 0.15) is 32.4 Å². The van der Waals surface area contributed by atoms with Crippen molar-refractivity contribution in [3.05, 3.63) is 35.0 Å². The molecule has 1 aliphatic rings. The molecule has 0 radical (unpaired) electrons. The van der Waals surface area contributed by atoms with E-state index in [-0.39, 0.29) is 6.61 Å². The number of ether oxygens (including phenoxy) is 3. The molecule has 0 unspecified atom stereocenters. The van der Waals surface area contributed by atoms with Gasteiger partial charge in [-0.15, -0.1) is 0 Å². The van der Waals surface area contributed by atoms with Gasteiger partial charge in [-0.2, -0.15) is 0 Å². The van der Waals surface area contributed by atoms with Crippen molar-refractivity contribution >= 4 is 29.3 Å². The van der Waals surface area contributed by atoms with Crippen molar-refractivity contribution in [3.8, 4) is 11.5 Å². The normalized spacial score (nSPS) is 16.6. The molecule has 1 aromatic carbocycles.